The van der Waals surface area contributed by atoms with Gasteiger partial charge in [0.15, 0.2) is 0 Å². The zero-order valence-electron chi connectivity index (χ0n) is 10.7. The smallest absolute Gasteiger partial charge is 0.101 e. The summed E-state index contributed by atoms with van der Waals surface area (Å²) in [6.45, 7) is 0. The molecule has 0 N–H and O–H groups in total. The van der Waals surface area contributed by atoms with Gasteiger partial charge in [0.2, 0.25) is 0 Å². The second kappa shape index (κ2) is 4.26. The van der Waals surface area contributed by atoms with Crippen LogP contribution >= 0.6 is 11.3 Å². The van der Waals surface area contributed by atoms with E-state index in [0.717, 1.165) is 9.88 Å². The van der Waals surface area contributed by atoms with Crippen molar-refractivity contribution >= 4 is 33.1 Å². The fraction of sp³-hybridized carbons (Fsp3) is 0. The molecule has 2 aromatic carbocycles. The molecule has 2 aromatic heterocycles. The molecule has 0 saturated carbocycles. The Morgan fingerprint density at radius 2 is 1.40 bits per heavy atom. The van der Waals surface area contributed by atoms with E-state index < -0.39 is 0 Å². The van der Waals surface area contributed by atoms with E-state index in [1.54, 1.807) is 11.3 Å². The molecule has 0 aliphatic rings. The molecule has 0 amide bonds. The third-order valence-corrected chi connectivity index (χ3v) is 4.54. The molecule has 0 fully saturated rings. The second-order valence-corrected chi connectivity index (χ2v) is 5.71. The lowest BCUT2D eigenvalue weighted by molar-refractivity contribution is 1.22. The molecule has 94 valence electrons. The first-order valence-corrected chi connectivity index (χ1v) is 7.25. The van der Waals surface area contributed by atoms with Gasteiger partial charge in [0.25, 0.3) is 0 Å². The van der Waals surface area contributed by atoms with Gasteiger partial charge in [-0.2, -0.15) is 0 Å². The van der Waals surface area contributed by atoms with Crippen LogP contribution in [0.25, 0.3) is 26.8 Å². The number of para-hydroxylation sites is 2. The minimum atomic E-state index is 0.960. The predicted molar refractivity (Wildman–Crippen MR) is 86.6 cm³/mol. The highest BCUT2D eigenvalue weighted by molar-refractivity contribution is 7.15. The molecular weight excluding hydrogens is 262 g/mol. The number of terminal acetylenes is 1. The van der Waals surface area contributed by atoms with Crippen LogP contribution in [0.3, 0.4) is 0 Å². The monoisotopic (exact) mass is 273 g/mol. The minimum Gasteiger partial charge on any atom is -0.301 e. The number of rotatable bonds is 1. The Bertz CT molecular complexity index is 913. The van der Waals surface area contributed by atoms with Gasteiger partial charge < -0.3 is 4.57 Å². The second-order valence-electron chi connectivity index (χ2n) is 4.65. The minimum absolute atomic E-state index is 0.960. The largest absolute Gasteiger partial charge is 0.301 e. The van der Waals surface area contributed by atoms with Gasteiger partial charge in [-0.15, -0.1) is 17.8 Å². The average Bonchev–Trinajstić information content (AvgIpc) is 3.09. The van der Waals surface area contributed by atoms with E-state index in [2.05, 4.69) is 65.1 Å². The van der Waals surface area contributed by atoms with Crippen LogP contribution in [0.1, 0.15) is 4.88 Å². The first-order valence-electron chi connectivity index (χ1n) is 6.43. The SMILES string of the molecule is C#Cc1ccc(-n2c3ccccc3c3ccccc32)s1. The Morgan fingerprint density at radius 3 is 1.95 bits per heavy atom. The molecule has 0 atom stereocenters. The highest BCUT2D eigenvalue weighted by atomic mass is 32.1. The van der Waals surface area contributed by atoms with Crippen LogP contribution < -0.4 is 0 Å². The molecule has 0 spiro atoms. The lowest BCUT2D eigenvalue weighted by Crippen LogP contribution is -1.89. The van der Waals surface area contributed by atoms with Crippen LogP contribution in [-0.4, -0.2) is 4.57 Å². The zero-order valence-corrected chi connectivity index (χ0v) is 11.5. The molecule has 2 heteroatoms. The Labute approximate surface area is 121 Å². The normalized spacial score (nSPS) is 10.9. The topological polar surface area (TPSA) is 4.93 Å². The number of aromatic nitrogens is 1. The number of hydrogen-bond acceptors (Lipinski definition) is 1. The molecule has 4 rings (SSSR count). The summed E-state index contributed by atoms with van der Waals surface area (Å²) < 4.78 is 2.29. The van der Waals surface area contributed by atoms with Crippen molar-refractivity contribution < 1.29 is 0 Å². The maximum atomic E-state index is 5.49. The summed E-state index contributed by atoms with van der Waals surface area (Å²) in [5.41, 5.74) is 2.44. The Kier molecular flexibility index (Phi) is 2.42. The first kappa shape index (κ1) is 11.3. The van der Waals surface area contributed by atoms with Gasteiger partial charge in [0, 0.05) is 10.8 Å². The Balaban J connectivity index is 2.18. The van der Waals surface area contributed by atoms with Crippen LogP contribution in [0.5, 0.6) is 0 Å². The molecular formula is C18H11NS. The van der Waals surface area contributed by atoms with Crippen molar-refractivity contribution in [2.45, 2.75) is 0 Å². The third-order valence-electron chi connectivity index (χ3n) is 3.53. The van der Waals surface area contributed by atoms with Crippen molar-refractivity contribution in [1.82, 2.24) is 4.57 Å². The molecule has 4 aromatic rings. The van der Waals surface area contributed by atoms with E-state index in [9.17, 15) is 0 Å². The summed E-state index contributed by atoms with van der Waals surface area (Å²) >= 11 is 1.65. The van der Waals surface area contributed by atoms with Crippen LogP contribution in [0, 0.1) is 12.3 Å². The van der Waals surface area contributed by atoms with Crippen LogP contribution in [0.15, 0.2) is 60.7 Å². The fourth-order valence-corrected chi connectivity index (χ4v) is 3.53. The predicted octanol–water partition coefficient (Wildman–Crippen LogP) is 4.83. The molecule has 0 aliphatic heterocycles. The van der Waals surface area contributed by atoms with Gasteiger partial charge in [-0.1, -0.05) is 42.3 Å². The number of hydrogen-bond donors (Lipinski definition) is 0. The quantitative estimate of drug-likeness (QED) is 0.438. The first-order chi connectivity index (χ1) is 9.88. The summed E-state index contributed by atoms with van der Waals surface area (Å²) in [6, 6.07) is 21.1. The average molecular weight is 273 g/mol. The van der Waals surface area contributed by atoms with E-state index in [1.165, 1.54) is 21.8 Å². The van der Waals surface area contributed by atoms with Crippen LogP contribution in [0.4, 0.5) is 0 Å². The summed E-state index contributed by atoms with van der Waals surface area (Å²) in [7, 11) is 0. The Hall–Kier alpha value is -2.50. The van der Waals surface area contributed by atoms with E-state index in [0.29, 0.717) is 0 Å². The van der Waals surface area contributed by atoms with E-state index >= 15 is 0 Å². The number of benzene rings is 2. The van der Waals surface area contributed by atoms with Crippen molar-refractivity contribution in [1.29, 1.82) is 0 Å². The standard InChI is InChI=1S/C18H11NS/c1-2-13-11-12-18(20-13)19-16-9-5-3-7-14(16)15-8-4-6-10-17(15)19/h1,3-12H. The molecule has 0 unspecified atom stereocenters. The fourth-order valence-electron chi connectivity index (χ4n) is 2.69. The van der Waals surface area contributed by atoms with Crippen molar-refractivity contribution in [3.05, 3.63) is 65.5 Å². The number of fused-ring (bicyclic) bond motifs is 3. The highest BCUT2D eigenvalue weighted by Gasteiger charge is 2.12. The van der Waals surface area contributed by atoms with Crippen LogP contribution in [0.2, 0.25) is 0 Å². The molecule has 1 nitrogen and oxygen atoms in total. The number of nitrogens with zero attached hydrogens (tertiary/aromatic N) is 1. The van der Waals surface area contributed by atoms with Crippen molar-refractivity contribution in [2.24, 2.45) is 0 Å². The lowest BCUT2D eigenvalue weighted by Gasteiger charge is -2.03. The maximum absolute atomic E-state index is 5.49. The van der Waals surface area contributed by atoms with Gasteiger partial charge in [0.05, 0.1) is 15.9 Å². The van der Waals surface area contributed by atoms with E-state index in [-0.39, 0.29) is 0 Å². The van der Waals surface area contributed by atoms with Crippen molar-refractivity contribution in [3.63, 3.8) is 0 Å². The zero-order chi connectivity index (χ0) is 13.5. The van der Waals surface area contributed by atoms with Gasteiger partial charge >= 0.3 is 0 Å². The van der Waals surface area contributed by atoms with Crippen molar-refractivity contribution in [2.75, 3.05) is 0 Å². The molecule has 0 aliphatic carbocycles. The summed E-state index contributed by atoms with van der Waals surface area (Å²) in [5, 5.41) is 3.72. The summed E-state index contributed by atoms with van der Waals surface area (Å²) in [4.78, 5) is 0.960. The van der Waals surface area contributed by atoms with Crippen LogP contribution in [-0.2, 0) is 0 Å². The number of thiophene rings is 1. The highest BCUT2D eigenvalue weighted by Crippen LogP contribution is 2.33. The summed E-state index contributed by atoms with van der Waals surface area (Å²) in [6.07, 6.45) is 5.49. The molecule has 2 heterocycles. The Morgan fingerprint density at radius 1 is 0.800 bits per heavy atom. The van der Waals surface area contributed by atoms with Gasteiger partial charge in [0.1, 0.15) is 5.00 Å². The maximum Gasteiger partial charge on any atom is 0.101 e. The van der Waals surface area contributed by atoms with Gasteiger partial charge in [-0.3, -0.25) is 0 Å². The summed E-state index contributed by atoms with van der Waals surface area (Å²) in [5.74, 6) is 2.71. The molecule has 20 heavy (non-hydrogen) atoms. The van der Waals surface area contributed by atoms with Gasteiger partial charge in [-0.05, 0) is 24.3 Å². The van der Waals surface area contributed by atoms with Crippen molar-refractivity contribution in [3.8, 4) is 17.3 Å². The molecule has 0 bridgehead atoms. The third kappa shape index (κ3) is 1.51. The van der Waals surface area contributed by atoms with E-state index in [4.69, 9.17) is 6.42 Å². The molecule has 0 saturated heterocycles. The lowest BCUT2D eigenvalue weighted by atomic mass is 10.2. The van der Waals surface area contributed by atoms with E-state index in [1.807, 2.05) is 6.07 Å². The van der Waals surface area contributed by atoms with Gasteiger partial charge in [-0.25, -0.2) is 0 Å². The molecule has 0 radical (unpaired) electrons.